The molecule has 0 spiro atoms. The molecule has 0 amide bonds. The molecule has 0 radical (unpaired) electrons. The summed E-state index contributed by atoms with van der Waals surface area (Å²) < 4.78 is 6.83. The number of hydrogen-bond acceptors (Lipinski definition) is 3. The highest BCUT2D eigenvalue weighted by Gasteiger charge is 2.03. The van der Waals surface area contributed by atoms with Crippen molar-refractivity contribution in [3.8, 4) is 5.75 Å². The molecule has 6 heteroatoms. The molecular weight excluding hydrogens is 362 g/mol. The molecule has 4 nitrogen and oxygen atoms in total. The summed E-state index contributed by atoms with van der Waals surface area (Å²) in [7, 11) is 1.73. The molecule has 0 aliphatic carbocycles. The molecule has 114 valence electrons. The van der Waals surface area contributed by atoms with Crippen LogP contribution in [0.25, 0.3) is 0 Å². The second-order valence-corrected chi connectivity index (χ2v) is 5.73. The zero-order valence-corrected chi connectivity index (χ0v) is 14.4. The number of hydrazone groups is 1. The number of benzene rings is 2. The third-order valence-corrected chi connectivity index (χ3v) is 3.59. The molecule has 0 bridgehead atoms. The van der Waals surface area contributed by atoms with Crippen LogP contribution in [0.2, 0.25) is 0 Å². The van der Waals surface area contributed by atoms with Crippen molar-refractivity contribution >= 4 is 39.5 Å². The topological polar surface area (TPSA) is 45.7 Å². The maximum Gasteiger partial charge on any atom is 0.186 e. The Bertz CT molecular complexity index is 662. The third-order valence-electron chi connectivity index (χ3n) is 2.81. The van der Waals surface area contributed by atoms with Crippen LogP contribution in [0, 0.1) is 0 Å². The van der Waals surface area contributed by atoms with E-state index in [0.717, 1.165) is 21.3 Å². The number of rotatable bonds is 5. The zero-order chi connectivity index (χ0) is 15.8. The molecule has 0 aliphatic rings. The largest absolute Gasteiger partial charge is 0.488 e. The van der Waals surface area contributed by atoms with Crippen LogP contribution in [-0.4, -0.2) is 18.4 Å². The number of halogens is 1. The van der Waals surface area contributed by atoms with Gasteiger partial charge in [0.1, 0.15) is 12.4 Å². The number of nitrogens with zero attached hydrogens (tertiary/aromatic N) is 1. The van der Waals surface area contributed by atoms with Gasteiger partial charge in [-0.15, -0.1) is 0 Å². The third kappa shape index (κ3) is 5.13. The lowest BCUT2D eigenvalue weighted by Crippen LogP contribution is -2.28. The molecule has 0 saturated carbocycles. The average Bonchev–Trinajstić information content (AvgIpc) is 2.55. The minimum absolute atomic E-state index is 0.456. The second-order valence-electron chi connectivity index (χ2n) is 4.41. The van der Waals surface area contributed by atoms with Gasteiger partial charge in [-0.25, -0.2) is 0 Å². The van der Waals surface area contributed by atoms with Crippen LogP contribution < -0.4 is 15.5 Å². The summed E-state index contributed by atoms with van der Waals surface area (Å²) in [5.74, 6) is 0.757. The predicted octanol–water partition coefficient (Wildman–Crippen LogP) is 3.46. The zero-order valence-electron chi connectivity index (χ0n) is 12.0. The van der Waals surface area contributed by atoms with Gasteiger partial charge in [0.15, 0.2) is 5.11 Å². The van der Waals surface area contributed by atoms with E-state index in [-0.39, 0.29) is 0 Å². The van der Waals surface area contributed by atoms with Gasteiger partial charge in [-0.3, -0.25) is 5.43 Å². The highest BCUT2D eigenvalue weighted by atomic mass is 79.9. The van der Waals surface area contributed by atoms with E-state index in [2.05, 4.69) is 31.8 Å². The lowest BCUT2D eigenvalue weighted by Gasteiger charge is -2.10. The Kier molecular flexibility index (Phi) is 6.36. The van der Waals surface area contributed by atoms with Gasteiger partial charge in [-0.05, 0) is 36.0 Å². The van der Waals surface area contributed by atoms with E-state index in [0.29, 0.717) is 11.7 Å². The van der Waals surface area contributed by atoms with Gasteiger partial charge in [-0.1, -0.05) is 46.3 Å². The summed E-state index contributed by atoms with van der Waals surface area (Å²) in [6.07, 6.45) is 1.68. The molecule has 2 aromatic rings. The number of hydrogen-bond donors (Lipinski definition) is 2. The SMILES string of the molecule is CNC(=S)N/N=C\c1cc(Br)ccc1OCc1ccccc1. The first-order chi connectivity index (χ1) is 10.7. The summed E-state index contributed by atoms with van der Waals surface area (Å²) in [5.41, 5.74) is 4.69. The Morgan fingerprint density at radius 3 is 2.77 bits per heavy atom. The van der Waals surface area contributed by atoms with Crippen molar-refractivity contribution in [3.05, 3.63) is 64.1 Å². The summed E-state index contributed by atoms with van der Waals surface area (Å²) >= 11 is 8.42. The molecular formula is C16H16BrN3OS. The van der Waals surface area contributed by atoms with Gasteiger partial charge in [0.25, 0.3) is 0 Å². The second kappa shape index (κ2) is 8.51. The maximum absolute atomic E-state index is 5.87. The monoisotopic (exact) mass is 377 g/mol. The molecule has 0 atom stereocenters. The fourth-order valence-electron chi connectivity index (χ4n) is 1.70. The van der Waals surface area contributed by atoms with Crippen molar-refractivity contribution in [2.24, 2.45) is 5.10 Å². The van der Waals surface area contributed by atoms with Crippen molar-refractivity contribution in [1.29, 1.82) is 0 Å². The van der Waals surface area contributed by atoms with E-state index >= 15 is 0 Å². The first-order valence-electron chi connectivity index (χ1n) is 6.66. The minimum Gasteiger partial charge on any atom is -0.488 e. The van der Waals surface area contributed by atoms with E-state index in [4.69, 9.17) is 17.0 Å². The van der Waals surface area contributed by atoms with E-state index < -0.39 is 0 Å². The van der Waals surface area contributed by atoms with E-state index in [1.54, 1.807) is 13.3 Å². The molecule has 0 fully saturated rings. The van der Waals surface area contributed by atoms with Gasteiger partial charge in [-0.2, -0.15) is 5.10 Å². The van der Waals surface area contributed by atoms with Crippen molar-refractivity contribution in [3.63, 3.8) is 0 Å². The van der Waals surface area contributed by atoms with Crippen molar-refractivity contribution in [2.75, 3.05) is 7.05 Å². The Morgan fingerprint density at radius 1 is 1.27 bits per heavy atom. The number of ether oxygens (including phenoxy) is 1. The smallest absolute Gasteiger partial charge is 0.186 e. The summed E-state index contributed by atoms with van der Waals surface area (Å²) in [4.78, 5) is 0. The lowest BCUT2D eigenvalue weighted by molar-refractivity contribution is 0.306. The van der Waals surface area contributed by atoms with Crippen molar-refractivity contribution < 1.29 is 4.74 Å². The molecule has 0 aliphatic heterocycles. The quantitative estimate of drug-likeness (QED) is 0.475. The van der Waals surface area contributed by atoms with E-state index in [1.807, 2.05) is 48.5 Å². The minimum atomic E-state index is 0.456. The van der Waals surface area contributed by atoms with Crippen LogP contribution in [-0.2, 0) is 6.61 Å². The highest BCUT2D eigenvalue weighted by molar-refractivity contribution is 9.10. The molecule has 0 saturated heterocycles. The normalized spacial score (nSPS) is 10.5. The molecule has 2 aromatic carbocycles. The highest BCUT2D eigenvalue weighted by Crippen LogP contribution is 2.22. The Hall–Kier alpha value is -1.92. The maximum atomic E-state index is 5.87. The number of thiocarbonyl (C=S) groups is 1. The van der Waals surface area contributed by atoms with E-state index in [1.165, 1.54) is 0 Å². The summed E-state index contributed by atoms with van der Waals surface area (Å²) in [6.45, 7) is 0.506. The van der Waals surface area contributed by atoms with Gasteiger partial charge in [0.2, 0.25) is 0 Å². The van der Waals surface area contributed by atoms with Crippen molar-refractivity contribution in [2.45, 2.75) is 6.61 Å². The fraction of sp³-hybridized carbons (Fsp3) is 0.125. The van der Waals surface area contributed by atoms with Crippen LogP contribution in [0.15, 0.2) is 58.1 Å². The lowest BCUT2D eigenvalue weighted by atomic mass is 10.2. The fourth-order valence-corrected chi connectivity index (χ4v) is 2.13. The van der Waals surface area contributed by atoms with E-state index in [9.17, 15) is 0 Å². The van der Waals surface area contributed by atoms with Gasteiger partial charge >= 0.3 is 0 Å². The van der Waals surface area contributed by atoms with Crippen LogP contribution in [0.1, 0.15) is 11.1 Å². The Morgan fingerprint density at radius 2 is 2.05 bits per heavy atom. The van der Waals surface area contributed by atoms with Crippen molar-refractivity contribution in [1.82, 2.24) is 10.7 Å². The Balaban J connectivity index is 2.08. The molecule has 22 heavy (non-hydrogen) atoms. The average molecular weight is 378 g/mol. The van der Waals surface area contributed by atoms with Crippen LogP contribution in [0.3, 0.4) is 0 Å². The summed E-state index contributed by atoms with van der Waals surface area (Å²) in [6, 6.07) is 15.8. The standard InChI is InChI=1S/C16H16BrN3OS/c1-18-16(22)20-19-10-13-9-14(17)7-8-15(13)21-11-12-5-3-2-4-6-12/h2-10H,11H2,1H3,(H2,18,20,22)/b19-10-. The Labute approximate surface area is 143 Å². The molecule has 2 rings (SSSR count). The summed E-state index contributed by atoms with van der Waals surface area (Å²) in [5, 5.41) is 7.34. The molecule has 0 heterocycles. The predicted molar refractivity (Wildman–Crippen MR) is 97.3 cm³/mol. The first-order valence-corrected chi connectivity index (χ1v) is 7.86. The van der Waals surface area contributed by atoms with Gasteiger partial charge in [0, 0.05) is 17.1 Å². The first kappa shape index (κ1) is 16.5. The van der Waals surface area contributed by atoms with Gasteiger partial charge in [0.05, 0.1) is 6.21 Å². The van der Waals surface area contributed by atoms with Crippen LogP contribution in [0.5, 0.6) is 5.75 Å². The van der Waals surface area contributed by atoms with Crippen LogP contribution >= 0.6 is 28.1 Å². The molecule has 0 aromatic heterocycles. The molecule has 2 N–H and O–H groups in total. The number of nitrogens with one attached hydrogen (secondary N) is 2. The van der Waals surface area contributed by atoms with Crippen LogP contribution in [0.4, 0.5) is 0 Å². The molecule has 0 unspecified atom stereocenters. The van der Waals surface area contributed by atoms with Gasteiger partial charge < -0.3 is 10.1 Å².